The van der Waals surface area contributed by atoms with Crippen molar-refractivity contribution >= 4 is 28.4 Å². The van der Waals surface area contributed by atoms with Crippen LogP contribution in [0.3, 0.4) is 0 Å². The van der Waals surface area contributed by atoms with Gasteiger partial charge in [0, 0.05) is 17.1 Å². The summed E-state index contributed by atoms with van der Waals surface area (Å²) in [6, 6.07) is 30.1. The number of rotatable bonds is 8. The number of nitrogens with zero attached hydrogens (tertiary/aromatic N) is 3. The first-order valence-corrected chi connectivity index (χ1v) is 13.9. The number of aromatic nitrogens is 2. The second-order valence-corrected chi connectivity index (χ2v) is 10.5. The van der Waals surface area contributed by atoms with Crippen LogP contribution in [-0.2, 0) is 6.42 Å². The van der Waals surface area contributed by atoms with E-state index in [1.165, 1.54) is 0 Å². The molecule has 0 fully saturated rings. The van der Waals surface area contributed by atoms with Crippen molar-refractivity contribution in [3.8, 4) is 5.69 Å². The summed E-state index contributed by atoms with van der Waals surface area (Å²) in [7, 11) is 0. The van der Waals surface area contributed by atoms with Gasteiger partial charge in [-0.05, 0) is 80.3 Å². The van der Waals surface area contributed by atoms with Crippen molar-refractivity contribution in [1.29, 1.82) is 0 Å². The molecule has 202 valence electrons. The first kappa shape index (κ1) is 27.4. The molecule has 1 heterocycles. The van der Waals surface area contributed by atoms with Crippen LogP contribution in [0.4, 0.5) is 0 Å². The van der Waals surface area contributed by atoms with Crippen LogP contribution in [0, 0.1) is 13.8 Å². The Kier molecular flexibility index (Phi) is 8.13. The minimum absolute atomic E-state index is 0.0930. The molecule has 1 unspecified atom stereocenters. The highest BCUT2D eigenvalue weighted by atomic mass is 35.5. The van der Waals surface area contributed by atoms with E-state index in [9.17, 15) is 9.59 Å². The lowest BCUT2D eigenvalue weighted by atomic mass is 10.0. The third-order valence-electron chi connectivity index (χ3n) is 7.31. The maximum atomic E-state index is 14.2. The van der Waals surface area contributed by atoms with E-state index in [0.29, 0.717) is 52.4 Å². The van der Waals surface area contributed by atoms with Crippen LogP contribution >= 0.6 is 11.6 Å². The first-order valence-electron chi connectivity index (χ1n) is 13.6. The molecule has 6 heteroatoms. The van der Waals surface area contributed by atoms with E-state index in [0.717, 1.165) is 16.7 Å². The predicted molar refractivity (Wildman–Crippen MR) is 162 cm³/mol. The topological polar surface area (TPSA) is 55.2 Å². The van der Waals surface area contributed by atoms with Crippen LogP contribution in [-0.4, -0.2) is 26.9 Å². The van der Waals surface area contributed by atoms with Crippen LogP contribution < -0.4 is 5.56 Å². The molecule has 1 amide bonds. The molecule has 0 saturated heterocycles. The molecule has 0 radical (unpaired) electrons. The van der Waals surface area contributed by atoms with Gasteiger partial charge in [-0.2, -0.15) is 0 Å². The highest BCUT2D eigenvalue weighted by Crippen LogP contribution is 2.29. The monoisotopic (exact) mass is 549 g/mol. The molecule has 1 aromatic heterocycles. The Bertz CT molecular complexity index is 1710. The highest BCUT2D eigenvalue weighted by Gasteiger charge is 2.30. The van der Waals surface area contributed by atoms with E-state index in [-0.39, 0.29) is 11.5 Å². The van der Waals surface area contributed by atoms with E-state index in [2.05, 4.69) is 12.1 Å². The first-order chi connectivity index (χ1) is 19.4. The number of hydrogen-bond acceptors (Lipinski definition) is 3. The summed E-state index contributed by atoms with van der Waals surface area (Å²) in [5, 5.41) is 1.12. The number of hydrogen-bond donors (Lipinski definition) is 0. The lowest BCUT2D eigenvalue weighted by Gasteiger charge is -2.33. The summed E-state index contributed by atoms with van der Waals surface area (Å²) in [5.41, 5.74) is 4.81. The van der Waals surface area contributed by atoms with Gasteiger partial charge in [-0.25, -0.2) is 4.98 Å². The standard InChI is InChI=1S/C34H32ClN3O2/c1-4-30(37(21-20-25-10-6-5-7-11-25)33(39)26-16-14-23(2)15-17-26)32-36-29-13-9-8-12-28(29)34(40)38(32)31-19-18-27(35)22-24(31)3/h5-19,22,30H,4,20-21H2,1-3H3. The summed E-state index contributed by atoms with van der Waals surface area (Å²) < 4.78 is 1.67. The Hall–Kier alpha value is -4.22. The summed E-state index contributed by atoms with van der Waals surface area (Å²) >= 11 is 6.28. The van der Waals surface area contributed by atoms with E-state index in [1.807, 2.05) is 98.5 Å². The fraction of sp³-hybridized carbons (Fsp3) is 0.206. The Morgan fingerprint density at radius 1 is 0.925 bits per heavy atom. The molecule has 1 atom stereocenters. The number of carbonyl (C=O) groups excluding carboxylic acids is 1. The second-order valence-electron chi connectivity index (χ2n) is 10.1. The Labute approximate surface area is 239 Å². The van der Waals surface area contributed by atoms with Crippen molar-refractivity contribution in [1.82, 2.24) is 14.5 Å². The average molecular weight is 550 g/mol. The zero-order valence-electron chi connectivity index (χ0n) is 23.0. The van der Waals surface area contributed by atoms with E-state index >= 15 is 0 Å². The minimum atomic E-state index is -0.454. The minimum Gasteiger partial charge on any atom is -0.328 e. The molecule has 0 spiro atoms. The van der Waals surface area contributed by atoms with Crippen molar-refractivity contribution in [2.45, 2.75) is 39.7 Å². The lowest BCUT2D eigenvalue weighted by Crippen LogP contribution is -2.40. The molecule has 5 aromatic rings. The summed E-state index contributed by atoms with van der Waals surface area (Å²) in [5.74, 6) is 0.440. The molecule has 0 aliphatic heterocycles. The molecule has 0 aliphatic carbocycles. The number of amides is 1. The van der Waals surface area contributed by atoms with Crippen molar-refractivity contribution in [2.75, 3.05) is 6.54 Å². The molecule has 4 aromatic carbocycles. The molecule has 0 aliphatic rings. The summed E-state index contributed by atoms with van der Waals surface area (Å²) in [4.78, 5) is 35.1. The van der Waals surface area contributed by atoms with Gasteiger partial charge in [-0.15, -0.1) is 0 Å². The van der Waals surface area contributed by atoms with Crippen molar-refractivity contribution in [3.05, 3.63) is 141 Å². The van der Waals surface area contributed by atoms with Gasteiger partial charge >= 0.3 is 0 Å². The van der Waals surface area contributed by atoms with Gasteiger partial charge in [-0.3, -0.25) is 14.2 Å². The molecule has 5 rings (SSSR count). The van der Waals surface area contributed by atoms with Crippen molar-refractivity contribution < 1.29 is 4.79 Å². The third kappa shape index (κ3) is 5.56. The van der Waals surface area contributed by atoms with Gasteiger partial charge in [0.2, 0.25) is 0 Å². The van der Waals surface area contributed by atoms with Gasteiger partial charge in [0.15, 0.2) is 0 Å². The van der Waals surface area contributed by atoms with Gasteiger partial charge < -0.3 is 4.90 Å². The number of para-hydroxylation sites is 1. The SMILES string of the molecule is CCC(c1nc2ccccc2c(=O)n1-c1ccc(Cl)cc1C)N(CCc1ccccc1)C(=O)c1ccc(C)cc1. The van der Waals surface area contributed by atoms with Gasteiger partial charge in [-0.1, -0.05) is 78.7 Å². The zero-order chi connectivity index (χ0) is 28.2. The Morgan fingerprint density at radius 2 is 1.62 bits per heavy atom. The van der Waals surface area contributed by atoms with Crippen molar-refractivity contribution in [2.24, 2.45) is 0 Å². The third-order valence-corrected chi connectivity index (χ3v) is 7.54. The molecule has 0 saturated carbocycles. The fourth-order valence-corrected chi connectivity index (χ4v) is 5.40. The largest absolute Gasteiger partial charge is 0.328 e. The maximum Gasteiger partial charge on any atom is 0.266 e. The average Bonchev–Trinajstić information content (AvgIpc) is 2.96. The van der Waals surface area contributed by atoms with Crippen molar-refractivity contribution in [3.63, 3.8) is 0 Å². The van der Waals surface area contributed by atoms with Crippen LogP contribution in [0.5, 0.6) is 0 Å². The Balaban J connectivity index is 1.70. The highest BCUT2D eigenvalue weighted by molar-refractivity contribution is 6.30. The number of fused-ring (bicyclic) bond motifs is 1. The number of benzene rings is 4. The van der Waals surface area contributed by atoms with E-state index < -0.39 is 6.04 Å². The number of aryl methyl sites for hydroxylation is 2. The van der Waals surface area contributed by atoms with Gasteiger partial charge in [0.25, 0.3) is 11.5 Å². The van der Waals surface area contributed by atoms with Gasteiger partial charge in [0.1, 0.15) is 5.82 Å². The van der Waals surface area contributed by atoms with Crippen LogP contribution in [0.15, 0.2) is 102 Å². The van der Waals surface area contributed by atoms with E-state index in [1.54, 1.807) is 16.7 Å². The smallest absolute Gasteiger partial charge is 0.266 e. The molecule has 40 heavy (non-hydrogen) atoms. The summed E-state index contributed by atoms with van der Waals surface area (Å²) in [6.45, 7) is 6.43. The molecule has 0 bridgehead atoms. The van der Waals surface area contributed by atoms with Crippen LogP contribution in [0.2, 0.25) is 5.02 Å². The normalized spacial score (nSPS) is 11.9. The number of carbonyl (C=O) groups is 1. The van der Waals surface area contributed by atoms with Gasteiger partial charge in [0.05, 0.1) is 22.6 Å². The zero-order valence-corrected chi connectivity index (χ0v) is 23.7. The lowest BCUT2D eigenvalue weighted by molar-refractivity contribution is 0.0662. The molecular weight excluding hydrogens is 518 g/mol. The number of halogens is 1. The predicted octanol–water partition coefficient (Wildman–Crippen LogP) is 7.49. The van der Waals surface area contributed by atoms with Crippen LogP contribution in [0.1, 0.15) is 52.3 Å². The molecular formula is C34H32ClN3O2. The Morgan fingerprint density at radius 3 is 2.33 bits per heavy atom. The molecule has 5 nitrogen and oxygen atoms in total. The summed E-state index contributed by atoms with van der Waals surface area (Å²) in [6.07, 6.45) is 1.25. The fourth-order valence-electron chi connectivity index (χ4n) is 5.17. The van der Waals surface area contributed by atoms with Crippen LogP contribution in [0.25, 0.3) is 16.6 Å². The maximum absolute atomic E-state index is 14.2. The van der Waals surface area contributed by atoms with E-state index in [4.69, 9.17) is 16.6 Å². The second kappa shape index (κ2) is 11.9. The quantitative estimate of drug-likeness (QED) is 0.201. The molecule has 0 N–H and O–H groups in total.